The third kappa shape index (κ3) is 594. The molecule has 0 aliphatic rings. The third-order valence-corrected chi connectivity index (χ3v) is 0. The quantitative estimate of drug-likeness (QED) is 0.347. The predicted octanol–water partition coefficient (Wildman–Crippen LogP) is -3.22. The van der Waals surface area contributed by atoms with Gasteiger partial charge in [-0.15, -0.1) is 0 Å². The second kappa shape index (κ2) is 7.59. The van der Waals surface area contributed by atoms with Gasteiger partial charge in [-0.3, -0.25) is 9.11 Å². The molecule has 0 unspecified atom stereocenters. The molecular formula is H8O6SSn. The molecule has 8 heteroatoms. The van der Waals surface area contributed by atoms with E-state index in [9.17, 15) is 0 Å². The Kier molecular flexibility index (Phi) is 22.3. The first-order chi connectivity index (χ1) is 2.00. The van der Waals surface area contributed by atoms with Gasteiger partial charge < -0.3 is 11.0 Å². The zero-order valence-electron chi connectivity index (χ0n) is 3.83. The Morgan fingerprint density at radius 3 is 1.00 bits per heavy atom. The Balaban J connectivity index is -0.0000000267. The fourth-order valence-electron chi connectivity index (χ4n) is 0. The van der Waals surface area contributed by atoms with E-state index in [1.54, 1.807) is 0 Å². The summed E-state index contributed by atoms with van der Waals surface area (Å²) in [5.74, 6) is 0. The zero-order chi connectivity index (χ0) is 4.50. The van der Waals surface area contributed by atoms with E-state index in [-0.39, 0.29) is 34.9 Å². The van der Waals surface area contributed by atoms with E-state index in [0.29, 0.717) is 0 Å². The topological polar surface area (TPSA) is 138 Å². The van der Waals surface area contributed by atoms with Crippen LogP contribution in [0.15, 0.2) is 0 Å². The summed E-state index contributed by atoms with van der Waals surface area (Å²) in [6.07, 6.45) is 0. The van der Waals surface area contributed by atoms with Crippen molar-refractivity contribution in [2.24, 2.45) is 0 Å². The number of hydrogen-bond acceptors (Lipinski definition) is 2. The molecule has 0 saturated heterocycles. The van der Waals surface area contributed by atoms with Crippen molar-refractivity contribution in [2.75, 3.05) is 0 Å². The van der Waals surface area contributed by atoms with Gasteiger partial charge in [-0.2, -0.15) is 8.42 Å². The molecule has 6 nitrogen and oxygen atoms in total. The van der Waals surface area contributed by atoms with E-state index in [1.807, 2.05) is 0 Å². The molecule has 54 valence electrons. The van der Waals surface area contributed by atoms with Gasteiger partial charge in [0.1, 0.15) is 0 Å². The average molecular weight is 255 g/mol. The molecule has 0 atom stereocenters. The van der Waals surface area contributed by atoms with Crippen LogP contribution in [0.4, 0.5) is 0 Å². The summed E-state index contributed by atoms with van der Waals surface area (Å²) in [5, 5.41) is 0. The van der Waals surface area contributed by atoms with Crippen molar-refractivity contribution in [1.29, 1.82) is 0 Å². The van der Waals surface area contributed by atoms with E-state index < -0.39 is 10.4 Å². The molecule has 0 aliphatic carbocycles. The van der Waals surface area contributed by atoms with E-state index in [2.05, 4.69) is 0 Å². The van der Waals surface area contributed by atoms with Crippen LogP contribution < -0.4 is 0 Å². The van der Waals surface area contributed by atoms with Crippen molar-refractivity contribution in [3.63, 3.8) is 0 Å². The van der Waals surface area contributed by atoms with Crippen LogP contribution in [-0.4, -0.2) is 52.4 Å². The Morgan fingerprint density at radius 2 is 1.00 bits per heavy atom. The molecule has 2 radical (unpaired) electrons. The van der Waals surface area contributed by atoms with Crippen molar-refractivity contribution in [3.8, 4) is 0 Å². The fourth-order valence-corrected chi connectivity index (χ4v) is 0. The van der Waals surface area contributed by atoms with E-state index in [1.165, 1.54) is 0 Å². The Hall–Kier alpha value is 0.589. The molecule has 0 aromatic heterocycles. The minimum atomic E-state index is -4.67. The third-order valence-electron chi connectivity index (χ3n) is 0. The molecule has 0 aliphatic heterocycles. The van der Waals surface area contributed by atoms with Gasteiger partial charge >= 0.3 is 34.3 Å². The normalized spacial score (nSPS) is 7.25. The zero-order valence-corrected chi connectivity index (χ0v) is 8.68. The molecule has 0 saturated carbocycles. The maximum absolute atomic E-state index is 8.74. The van der Waals surface area contributed by atoms with Crippen LogP contribution in [0.3, 0.4) is 0 Å². The van der Waals surface area contributed by atoms with Gasteiger partial charge in [-0.05, 0) is 0 Å². The van der Waals surface area contributed by atoms with Crippen LogP contribution in [0.25, 0.3) is 0 Å². The second-order valence-electron chi connectivity index (χ2n) is 0.448. The Morgan fingerprint density at radius 1 is 1.00 bits per heavy atom. The molecule has 0 fully saturated rings. The van der Waals surface area contributed by atoms with Crippen LogP contribution in [0.1, 0.15) is 0 Å². The molecule has 0 aromatic carbocycles. The van der Waals surface area contributed by atoms with Crippen LogP contribution in [0, 0.1) is 0 Å². The molecular weight excluding hydrogens is 247 g/mol. The van der Waals surface area contributed by atoms with Gasteiger partial charge in [0.15, 0.2) is 0 Å². The molecule has 0 spiro atoms. The molecule has 6 N–H and O–H groups in total. The summed E-state index contributed by atoms with van der Waals surface area (Å²) < 4.78 is 31.6. The first-order valence-corrected chi connectivity index (χ1v) is 2.10. The molecule has 0 bridgehead atoms. The predicted molar refractivity (Wildman–Crippen MR) is 29.9 cm³/mol. The summed E-state index contributed by atoms with van der Waals surface area (Å²) in [5.41, 5.74) is 0. The Bertz CT molecular complexity index is 91.7. The van der Waals surface area contributed by atoms with Gasteiger partial charge in [-0.1, -0.05) is 0 Å². The summed E-state index contributed by atoms with van der Waals surface area (Å²) in [7, 11) is -4.67. The number of hydrogen-bond donors (Lipinski definition) is 2. The van der Waals surface area contributed by atoms with Gasteiger partial charge in [0, 0.05) is 0 Å². The Labute approximate surface area is 63.0 Å². The van der Waals surface area contributed by atoms with Gasteiger partial charge in [0.2, 0.25) is 0 Å². The first-order valence-electron chi connectivity index (χ1n) is 0.698. The van der Waals surface area contributed by atoms with Gasteiger partial charge in [0.05, 0.1) is 0 Å². The van der Waals surface area contributed by atoms with Crippen LogP contribution in [0.2, 0.25) is 0 Å². The first kappa shape index (κ1) is 23.5. The molecule has 0 aromatic rings. The molecule has 0 heterocycles. The molecule has 0 amide bonds. The van der Waals surface area contributed by atoms with E-state index >= 15 is 0 Å². The average Bonchev–Trinajstić information content (AvgIpc) is 0.722. The van der Waals surface area contributed by atoms with Crippen molar-refractivity contribution < 1.29 is 28.5 Å². The van der Waals surface area contributed by atoms with Crippen molar-refractivity contribution in [1.82, 2.24) is 0 Å². The SMILES string of the molecule is O.O.O=S(=O)(O)O.[SnH2]. The molecule has 0 rings (SSSR count). The summed E-state index contributed by atoms with van der Waals surface area (Å²) in [4.78, 5) is 0. The van der Waals surface area contributed by atoms with E-state index in [4.69, 9.17) is 17.5 Å². The van der Waals surface area contributed by atoms with Gasteiger partial charge in [0.25, 0.3) is 0 Å². The second-order valence-corrected chi connectivity index (χ2v) is 1.34. The fraction of sp³-hybridized carbons (Fsp3) is 0. The van der Waals surface area contributed by atoms with Crippen LogP contribution in [0.5, 0.6) is 0 Å². The standard InChI is InChI=1S/H2O4S.2H2O.Sn.2H/c1-5(2,3)4;;;;;/h(H2,1,2,3,4);2*1H2;;;. The minimum absolute atomic E-state index is 0. The van der Waals surface area contributed by atoms with Crippen LogP contribution in [-0.2, 0) is 10.4 Å². The van der Waals surface area contributed by atoms with Crippen molar-refractivity contribution in [2.45, 2.75) is 0 Å². The van der Waals surface area contributed by atoms with Crippen molar-refractivity contribution in [3.05, 3.63) is 0 Å². The van der Waals surface area contributed by atoms with Crippen molar-refractivity contribution >= 4 is 34.3 Å². The number of rotatable bonds is 0. The molecule has 8 heavy (non-hydrogen) atoms. The monoisotopic (exact) mass is 256 g/mol. The summed E-state index contributed by atoms with van der Waals surface area (Å²) >= 11 is 0. The summed E-state index contributed by atoms with van der Waals surface area (Å²) in [6.45, 7) is 0. The maximum atomic E-state index is 8.74. The summed E-state index contributed by atoms with van der Waals surface area (Å²) in [6, 6.07) is 0. The van der Waals surface area contributed by atoms with Crippen LogP contribution >= 0.6 is 0 Å². The van der Waals surface area contributed by atoms with Gasteiger partial charge in [-0.25, -0.2) is 0 Å². The van der Waals surface area contributed by atoms with E-state index in [0.717, 1.165) is 0 Å².